The van der Waals surface area contributed by atoms with Crippen LogP contribution in [-0.4, -0.2) is 5.11 Å². The largest absolute Gasteiger partial charge is 0.507 e. The van der Waals surface area contributed by atoms with Gasteiger partial charge < -0.3 is 16.6 Å². The van der Waals surface area contributed by atoms with Crippen LogP contribution in [0.3, 0.4) is 0 Å². The molecule has 0 spiro atoms. The number of hydrogen-bond donors (Lipinski definition) is 3. The highest BCUT2D eigenvalue weighted by molar-refractivity contribution is 5.86. The molecule has 0 aliphatic carbocycles. The number of nitrogens with two attached hydrogens (primary N) is 2. The molecule has 0 atom stereocenters. The van der Waals surface area contributed by atoms with E-state index in [4.69, 9.17) is 11.5 Å². The van der Waals surface area contributed by atoms with Crippen molar-refractivity contribution in [3.8, 4) is 16.9 Å². The molecule has 76 valence electrons. The first-order chi connectivity index (χ1) is 7.20. The Morgan fingerprint density at radius 2 is 1.47 bits per heavy atom. The van der Waals surface area contributed by atoms with Crippen LogP contribution in [0.4, 0.5) is 11.4 Å². The van der Waals surface area contributed by atoms with E-state index in [1.807, 2.05) is 18.2 Å². The van der Waals surface area contributed by atoms with Gasteiger partial charge in [0.1, 0.15) is 5.75 Å². The molecule has 3 heteroatoms. The summed E-state index contributed by atoms with van der Waals surface area (Å²) in [5.74, 6) is 0.204. The smallest absolute Gasteiger partial charge is 0.123 e. The van der Waals surface area contributed by atoms with E-state index < -0.39 is 0 Å². The fourth-order valence-corrected chi connectivity index (χ4v) is 1.52. The van der Waals surface area contributed by atoms with Crippen molar-refractivity contribution < 1.29 is 5.11 Å². The molecule has 5 N–H and O–H groups in total. The van der Waals surface area contributed by atoms with Gasteiger partial charge in [-0.15, -0.1) is 0 Å². The predicted octanol–water partition coefficient (Wildman–Crippen LogP) is 2.22. The van der Waals surface area contributed by atoms with E-state index in [2.05, 4.69) is 0 Å². The van der Waals surface area contributed by atoms with Gasteiger partial charge in [0.05, 0.1) is 11.4 Å². The zero-order chi connectivity index (χ0) is 10.8. The van der Waals surface area contributed by atoms with E-state index in [9.17, 15) is 5.11 Å². The lowest BCUT2D eigenvalue weighted by atomic mass is 10.0. The number of benzene rings is 2. The first kappa shape index (κ1) is 9.40. The second kappa shape index (κ2) is 3.53. The summed E-state index contributed by atoms with van der Waals surface area (Å²) in [6, 6.07) is 12.4. The Kier molecular flexibility index (Phi) is 2.21. The molecule has 0 aliphatic rings. The van der Waals surface area contributed by atoms with Crippen LogP contribution in [0.5, 0.6) is 5.75 Å². The van der Waals surface area contributed by atoms with Gasteiger partial charge in [0, 0.05) is 11.1 Å². The summed E-state index contributed by atoms with van der Waals surface area (Å²) < 4.78 is 0. The van der Waals surface area contributed by atoms with Gasteiger partial charge in [0.2, 0.25) is 0 Å². The number of hydrogen-bond acceptors (Lipinski definition) is 3. The fraction of sp³-hybridized carbons (Fsp3) is 0. The summed E-state index contributed by atoms with van der Waals surface area (Å²) in [5, 5.41) is 9.68. The number of nitrogen functional groups attached to an aromatic ring is 2. The molecule has 0 aromatic heterocycles. The lowest BCUT2D eigenvalue weighted by molar-refractivity contribution is 0.477. The van der Waals surface area contributed by atoms with Crippen molar-refractivity contribution in [2.75, 3.05) is 11.5 Å². The van der Waals surface area contributed by atoms with Gasteiger partial charge >= 0.3 is 0 Å². The Morgan fingerprint density at radius 3 is 2.20 bits per heavy atom. The summed E-state index contributed by atoms with van der Waals surface area (Å²) in [7, 11) is 0. The monoisotopic (exact) mass is 200 g/mol. The minimum Gasteiger partial charge on any atom is -0.507 e. The zero-order valence-corrected chi connectivity index (χ0v) is 8.14. The molecule has 0 saturated carbocycles. The van der Waals surface area contributed by atoms with Gasteiger partial charge in [-0.1, -0.05) is 30.3 Å². The average Bonchev–Trinajstić information content (AvgIpc) is 2.23. The maximum Gasteiger partial charge on any atom is 0.123 e. The summed E-state index contributed by atoms with van der Waals surface area (Å²) >= 11 is 0. The lowest BCUT2D eigenvalue weighted by Crippen LogP contribution is -1.96. The van der Waals surface area contributed by atoms with Crippen LogP contribution in [-0.2, 0) is 0 Å². The zero-order valence-electron chi connectivity index (χ0n) is 8.14. The predicted molar refractivity (Wildman–Crippen MR) is 62.4 cm³/mol. The number of rotatable bonds is 1. The first-order valence-electron chi connectivity index (χ1n) is 4.62. The molecule has 0 fully saturated rings. The van der Waals surface area contributed by atoms with Crippen LogP contribution in [0.25, 0.3) is 11.1 Å². The first-order valence-corrected chi connectivity index (χ1v) is 4.62. The molecule has 0 radical (unpaired) electrons. The third kappa shape index (κ3) is 1.59. The molecule has 0 aliphatic heterocycles. The molecular formula is C12H12N2O. The Hall–Kier alpha value is -2.16. The van der Waals surface area contributed by atoms with E-state index in [0.29, 0.717) is 16.9 Å². The molecule has 2 aromatic rings. The van der Waals surface area contributed by atoms with Crippen molar-refractivity contribution in [3.05, 3.63) is 42.5 Å². The van der Waals surface area contributed by atoms with E-state index in [0.717, 1.165) is 5.56 Å². The third-order valence-corrected chi connectivity index (χ3v) is 2.33. The summed E-state index contributed by atoms with van der Waals surface area (Å²) in [4.78, 5) is 0. The topological polar surface area (TPSA) is 72.3 Å². The quantitative estimate of drug-likeness (QED) is 0.618. The van der Waals surface area contributed by atoms with Gasteiger partial charge in [0.15, 0.2) is 0 Å². The second-order valence-electron chi connectivity index (χ2n) is 3.33. The molecule has 3 nitrogen and oxygen atoms in total. The molecular weight excluding hydrogens is 188 g/mol. The molecule has 0 amide bonds. The Labute approximate surface area is 88.0 Å². The van der Waals surface area contributed by atoms with Gasteiger partial charge in [-0.25, -0.2) is 0 Å². The SMILES string of the molecule is Nc1cccc(-c2ccccc2O)c1N. The van der Waals surface area contributed by atoms with Gasteiger partial charge in [0.25, 0.3) is 0 Å². The van der Waals surface area contributed by atoms with Gasteiger partial charge in [-0.05, 0) is 12.1 Å². The number of phenols is 1. The van der Waals surface area contributed by atoms with Crippen molar-refractivity contribution in [1.82, 2.24) is 0 Å². The molecule has 0 bridgehead atoms. The van der Waals surface area contributed by atoms with Gasteiger partial charge in [-0.3, -0.25) is 0 Å². The van der Waals surface area contributed by atoms with Crippen LogP contribution >= 0.6 is 0 Å². The minimum atomic E-state index is 0.204. The highest BCUT2D eigenvalue weighted by Gasteiger charge is 2.07. The van der Waals surface area contributed by atoms with Gasteiger partial charge in [-0.2, -0.15) is 0 Å². The highest BCUT2D eigenvalue weighted by atomic mass is 16.3. The molecule has 0 unspecified atom stereocenters. The lowest BCUT2D eigenvalue weighted by Gasteiger charge is -2.09. The normalized spacial score (nSPS) is 10.1. The van der Waals surface area contributed by atoms with E-state index >= 15 is 0 Å². The van der Waals surface area contributed by atoms with Crippen molar-refractivity contribution in [2.24, 2.45) is 0 Å². The number of phenolic OH excluding ortho intramolecular Hbond substituents is 1. The van der Waals surface area contributed by atoms with E-state index in [-0.39, 0.29) is 5.75 Å². The second-order valence-corrected chi connectivity index (χ2v) is 3.33. The van der Waals surface area contributed by atoms with Crippen molar-refractivity contribution in [2.45, 2.75) is 0 Å². The molecule has 0 heterocycles. The number of anilines is 2. The van der Waals surface area contributed by atoms with Crippen LogP contribution in [0.1, 0.15) is 0 Å². The Bertz CT molecular complexity index is 495. The van der Waals surface area contributed by atoms with Crippen molar-refractivity contribution >= 4 is 11.4 Å². The minimum absolute atomic E-state index is 0.204. The molecule has 15 heavy (non-hydrogen) atoms. The maximum absolute atomic E-state index is 9.68. The number of para-hydroxylation sites is 2. The van der Waals surface area contributed by atoms with Crippen molar-refractivity contribution in [3.63, 3.8) is 0 Å². The average molecular weight is 200 g/mol. The van der Waals surface area contributed by atoms with Crippen LogP contribution in [0.15, 0.2) is 42.5 Å². The molecule has 2 aromatic carbocycles. The Balaban J connectivity index is 2.65. The molecule has 0 saturated heterocycles. The Morgan fingerprint density at radius 1 is 0.800 bits per heavy atom. The highest BCUT2D eigenvalue weighted by Crippen LogP contribution is 2.35. The van der Waals surface area contributed by atoms with Crippen LogP contribution in [0, 0.1) is 0 Å². The molecule has 2 rings (SSSR count). The van der Waals surface area contributed by atoms with Crippen LogP contribution in [0.2, 0.25) is 0 Å². The van der Waals surface area contributed by atoms with Crippen molar-refractivity contribution in [1.29, 1.82) is 0 Å². The fourth-order valence-electron chi connectivity index (χ4n) is 1.52. The summed E-state index contributed by atoms with van der Waals surface area (Å²) in [5.41, 5.74) is 14.0. The standard InChI is InChI=1S/C12H12N2O/c13-10-6-3-5-9(12(10)14)8-4-1-2-7-11(8)15/h1-7,15H,13-14H2. The number of aromatic hydroxyl groups is 1. The van der Waals surface area contributed by atoms with E-state index in [1.165, 1.54) is 0 Å². The summed E-state index contributed by atoms with van der Waals surface area (Å²) in [6.07, 6.45) is 0. The third-order valence-electron chi connectivity index (χ3n) is 2.33. The maximum atomic E-state index is 9.68. The summed E-state index contributed by atoms with van der Waals surface area (Å²) in [6.45, 7) is 0. The van der Waals surface area contributed by atoms with E-state index in [1.54, 1.807) is 24.3 Å². The van der Waals surface area contributed by atoms with Crippen LogP contribution < -0.4 is 11.5 Å².